The first-order valence-electron chi connectivity index (χ1n) is 42.8. The van der Waals surface area contributed by atoms with E-state index in [0.29, 0.717) is 0 Å². The molecule has 0 atom stereocenters. The summed E-state index contributed by atoms with van der Waals surface area (Å²) in [5.74, 6) is 0. The van der Waals surface area contributed by atoms with Crippen molar-refractivity contribution in [3.63, 3.8) is 0 Å². The Balaban J connectivity index is 0.000000144. The standard InChI is InChI=1S/C65H39NO.C55H39N.2CH4/c1-5-25-58-49(17-1)50-18-2-6-26-59(50)65(58)60-27-7-3-19-51(60)52-36-34-46(39-61(52)65)66(44-32-29-40(30-33-44)47-21-12-24-56-53-20-4-8-28-62(53)67-64(47)56)45-16-9-15-42(37-45)43-31-35-48-54-22-10-13-41-14-11-23-55(63(41)54)57(48)38-43;1-55(2)52-34-42(37-14-7-4-8-15-37)25-30-47(52)48-31-28-45(35-53(48)55)56(43-26-22-38(23-27-43)36-12-5-3-6-13-36)44-19-9-18-40(32-44)41-24-29-46-49-20-10-16-39-17-11-21-50(54(39)49)51(46)33-41;;/h1-39H;3-35H,1-2H3;2*1H4. The summed E-state index contributed by atoms with van der Waals surface area (Å²) < 4.78 is 6.53. The summed E-state index contributed by atoms with van der Waals surface area (Å²) in [7, 11) is 0. The molecule has 0 bridgehead atoms. The van der Waals surface area contributed by atoms with E-state index >= 15 is 0 Å². The SMILES string of the molecule is C.C.CC1(C)c2cc(-c3ccccc3)ccc2-c2ccc(N(c3ccc(-c4ccccc4)cc3)c3cccc(-c4ccc5c(c4)-c4cccc6cccc-5c46)c3)cc21.c1cc(-c2ccc3c(c2)-c2cccc4cccc-3c24)cc(N(c2ccc(-c3cccc4c3oc3ccccc34)cc2)c2ccc3c(c2)C2(c4ccccc4-c4ccccc42)c2ccccc2-3)c1. The zero-order valence-corrected chi connectivity index (χ0v) is 67.9. The second-order valence-corrected chi connectivity index (χ2v) is 34.0. The van der Waals surface area contributed by atoms with Crippen LogP contribution in [-0.2, 0) is 10.8 Å². The van der Waals surface area contributed by atoms with Crippen molar-refractivity contribution in [2.45, 2.75) is 39.5 Å². The number of furan rings is 1. The molecule has 0 amide bonds. The molecular weight excluding hydrogens is 1510 g/mol. The number of rotatable bonds is 11. The maximum Gasteiger partial charge on any atom is 0.143 e. The molecule has 5 aliphatic carbocycles. The van der Waals surface area contributed by atoms with Gasteiger partial charge in [-0.05, 0) is 280 Å². The topological polar surface area (TPSA) is 19.6 Å². The number of hydrogen-bond donors (Lipinski definition) is 0. The Kier molecular flexibility index (Phi) is 17.3. The van der Waals surface area contributed by atoms with Gasteiger partial charge in [-0.3, -0.25) is 0 Å². The van der Waals surface area contributed by atoms with E-state index in [9.17, 15) is 0 Å². The maximum absolute atomic E-state index is 6.53. The summed E-state index contributed by atoms with van der Waals surface area (Å²) in [6.07, 6.45) is 0. The third-order valence-corrected chi connectivity index (χ3v) is 27.2. The summed E-state index contributed by atoms with van der Waals surface area (Å²) in [5, 5.41) is 7.56. The van der Waals surface area contributed by atoms with Crippen molar-refractivity contribution in [3.8, 4) is 134 Å². The number of anilines is 6. The van der Waals surface area contributed by atoms with Crippen LogP contribution in [0.1, 0.15) is 62.1 Å². The van der Waals surface area contributed by atoms with Crippen molar-refractivity contribution in [2.75, 3.05) is 9.80 Å². The zero-order chi connectivity index (χ0) is 81.2. The van der Waals surface area contributed by atoms with E-state index in [2.05, 4.69) is 454 Å². The van der Waals surface area contributed by atoms with E-state index in [1.165, 1.54) is 177 Å². The first-order chi connectivity index (χ1) is 60.7. The van der Waals surface area contributed by atoms with Crippen LogP contribution in [0, 0.1) is 0 Å². The maximum atomic E-state index is 6.53. The molecule has 125 heavy (non-hydrogen) atoms. The van der Waals surface area contributed by atoms with Crippen LogP contribution >= 0.6 is 0 Å². The van der Waals surface area contributed by atoms with Gasteiger partial charge >= 0.3 is 0 Å². The van der Waals surface area contributed by atoms with E-state index in [0.717, 1.165) is 67.2 Å². The number of hydrogen-bond acceptors (Lipinski definition) is 3. The number of nitrogens with zero attached hydrogens (tertiary/aromatic N) is 2. The van der Waals surface area contributed by atoms with Gasteiger partial charge in [-0.15, -0.1) is 0 Å². The Morgan fingerprint density at radius 1 is 0.192 bits per heavy atom. The molecule has 590 valence electrons. The zero-order valence-electron chi connectivity index (χ0n) is 67.9. The highest BCUT2D eigenvalue weighted by atomic mass is 16.3. The summed E-state index contributed by atoms with van der Waals surface area (Å²) in [6.45, 7) is 4.75. The molecule has 1 heterocycles. The van der Waals surface area contributed by atoms with Crippen molar-refractivity contribution in [3.05, 3.63) is 470 Å². The minimum Gasteiger partial charge on any atom is -0.455 e. The van der Waals surface area contributed by atoms with Gasteiger partial charge in [-0.2, -0.15) is 0 Å². The Morgan fingerprint density at radius 3 is 1.03 bits per heavy atom. The monoisotopic (exact) mass is 1590 g/mol. The van der Waals surface area contributed by atoms with Gasteiger partial charge in [0, 0.05) is 55.9 Å². The van der Waals surface area contributed by atoms with Crippen molar-refractivity contribution in [1.29, 1.82) is 0 Å². The lowest BCUT2D eigenvalue weighted by molar-refractivity contribution is 0.660. The molecule has 0 unspecified atom stereocenters. The molecule has 0 radical (unpaired) electrons. The first-order valence-corrected chi connectivity index (χ1v) is 42.8. The van der Waals surface area contributed by atoms with Gasteiger partial charge in [0.25, 0.3) is 0 Å². The highest BCUT2D eigenvalue weighted by molar-refractivity contribution is 6.18. The quantitative estimate of drug-likeness (QED) is 0.129. The van der Waals surface area contributed by atoms with Crippen molar-refractivity contribution < 1.29 is 4.42 Å². The van der Waals surface area contributed by atoms with Crippen molar-refractivity contribution in [1.82, 2.24) is 0 Å². The average Bonchev–Trinajstić information content (AvgIpc) is 1.51. The second kappa shape index (κ2) is 29.0. The molecule has 0 saturated heterocycles. The van der Waals surface area contributed by atoms with Crippen LogP contribution < -0.4 is 9.80 Å². The molecule has 0 aliphatic heterocycles. The summed E-state index contributed by atoms with van der Waals surface area (Å²) >= 11 is 0. The Morgan fingerprint density at radius 2 is 0.512 bits per heavy atom. The molecule has 26 rings (SSSR count). The minimum absolute atomic E-state index is 0. The van der Waals surface area contributed by atoms with Crippen molar-refractivity contribution in [2.24, 2.45) is 0 Å². The molecule has 5 aliphatic rings. The van der Waals surface area contributed by atoms with Crippen LogP contribution in [0.4, 0.5) is 34.1 Å². The molecule has 3 heteroatoms. The van der Waals surface area contributed by atoms with Gasteiger partial charge in [0.1, 0.15) is 11.2 Å². The van der Waals surface area contributed by atoms with E-state index in [4.69, 9.17) is 4.42 Å². The van der Waals surface area contributed by atoms with E-state index in [1.807, 2.05) is 6.07 Å². The second-order valence-electron chi connectivity index (χ2n) is 34.0. The summed E-state index contributed by atoms with van der Waals surface area (Å²) in [6, 6.07) is 161. The Labute approximate surface area is 730 Å². The molecule has 0 fully saturated rings. The Hall–Kier alpha value is -15.7. The molecule has 20 aromatic carbocycles. The molecule has 0 saturated carbocycles. The molecular formula is C122H86N2O. The largest absolute Gasteiger partial charge is 0.455 e. The van der Waals surface area contributed by atoms with Gasteiger partial charge in [0.15, 0.2) is 0 Å². The highest BCUT2D eigenvalue weighted by Gasteiger charge is 2.52. The van der Waals surface area contributed by atoms with E-state index in [1.54, 1.807) is 0 Å². The fraction of sp³-hybridized carbons (Fsp3) is 0.0492. The van der Waals surface area contributed by atoms with Crippen LogP contribution in [0.3, 0.4) is 0 Å². The van der Waals surface area contributed by atoms with Crippen molar-refractivity contribution >= 4 is 77.6 Å². The fourth-order valence-electron chi connectivity index (χ4n) is 21.6. The van der Waals surface area contributed by atoms with Crippen LogP contribution in [0.2, 0.25) is 0 Å². The molecule has 21 aromatic rings. The minimum atomic E-state index is -0.456. The number of para-hydroxylation sites is 2. The van der Waals surface area contributed by atoms with E-state index in [-0.39, 0.29) is 20.3 Å². The van der Waals surface area contributed by atoms with Gasteiger partial charge in [-0.25, -0.2) is 0 Å². The predicted octanol–water partition coefficient (Wildman–Crippen LogP) is 34.1. The van der Waals surface area contributed by atoms with Crippen LogP contribution in [0.15, 0.2) is 441 Å². The number of benzene rings is 20. The van der Waals surface area contributed by atoms with Gasteiger partial charge in [0.05, 0.1) is 5.41 Å². The molecule has 1 spiro atoms. The van der Waals surface area contributed by atoms with E-state index < -0.39 is 5.41 Å². The molecule has 3 nitrogen and oxygen atoms in total. The third-order valence-electron chi connectivity index (χ3n) is 27.2. The highest BCUT2D eigenvalue weighted by Crippen LogP contribution is 2.64. The molecule has 1 aromatic heterocycles. The average molecular weight is 1600 g/mol. The van der Waals surface area contributed by atoms with Crippen LogP contribution in [0.5, 0.6) is 0 Å². The lowest BCUT2D eigenvalue weighted by Gasteiger charge is -2.32. The van der Waals surface area contributed by atoms with Crippen LogP contribution in [-0.4, -0.2) is 0 Å². The Bertz CT molecular complexity index is 7890. The van der Waals surface area contributed by atoms with Crippen LogP contribution in [0.25, 0.3) is 177 Å². The van der Waals surface area contributed by atoms with Gasteiger partial charge < -0.3 is 14.2 Å². The van der Waals surface area contributed by atoms with Gasteiger partial charge in [-0.1, -0.05) is 368 Å². The lowest BCUT2D eigenvalue weighted by Crippen LogP contribution is -2.26. The smallest absolute Gasteiger partial charge is 0.143 e. The predicted molar refractivity (Wildman–Crippen MR) is 528 cm³/mol. The van der Waals surface area contributed by atoms with Gasteiger partial charge in [0.2, 0.25) is 0 Å². The molecule has 0 N–H and O–H groups in total. The summed E-state index contributed by atoms with van der Waals surface area (Å²) in [5.41, 5.74) is 46.1. The third kappa shape index (κ3) is 11.4. The fourth-order valence-corrected chi connectivity index (χ4v) is 21.6. The first kappa shape index (κ1) is 74.4. The number of fused-ring (bicyclic) bond motifs is 22. The normalized spacial score (nSPS) is 12.9. The lowest BCUT2D eigenvalue weighted by atomic mass is 9.70. The summed E-state index contributed by atoms with van der Waals surface area (Å²) in [4.78, 5) is 4.87.